The molecule has 3 aromatic carbocycles. The lowest BCUT2D eigenvalue weighted by Crippen LogP contribution is -2.29. The number of fused-ring (bicyclic) bond motifs is 3. The van der Waals surface area contributed by atoms with Crippen molar-refractivity contribution in [1.29, 1.82) is 5.26 Å². The van der Waals surface area contributed by atoms with Gasteiger partial charge in [0.25, 0.3) is 0 Å². The fourth-order valence-electron chi connectivity index (χ4n) is 8.89. The summed E-state index contributed by atoms with van der Waals surface area (Å²) < 4.78 is 6.46. The molecule has 1 unspecified atom stereocenters. The molecule has 0 spiro atoms. The Morgan fingerprint density at radius 2 is 1.83 bits per heavy atom. The van der Waals surface area contributed by atoms with E-state index in [0.29, 0.717) is 41.5 Å². The number of carbonyl (C=O) groups is 1. The minimum absolute atomic E-state index is 0.128. The van der Waals surface area contributed by atoms with Crippen molar-refractivity contribution in [3.63, 3.8) is 0 Å². The van der Waals surface area contributed by atoms with Crippen LogP contribution in [0.4, 0.5) is 11.5 Å². The SMILES string of the molecule is Cc1c(Nc2nccc3cc(CN4CC[C@@H](O)C4)cnc23)cccc1-c1cccc(-c2nc3cc4c(c(C#N)c3o2)CCC4N2CC[C@@H](C(N)=O)C2)c1C. The molecule has 2 aliphatic heterocycles. The molecule has 11 nitrogen and oxygen atoms in total. The number of hydrogen-bond donors (Lipinski definition) is 3. The van der Waals surface area contributed by atoms with Crippen LogP contribution in [0.3, 0.4) is 0 Å². The number of nitrogens with one attached hydrogen (secondary N) is 1. The molecule has 0 radical (unpaired) electrons. The zero-order chi connectivity index (χ0) is 37.1. The summed E-state index contributed by atoms with van der Waals surface area (Å²) in [5.74, 6) is 0.789. The highest BCUT2D eigenvalue weighted by Crippen LogP contribution is 2.44. The number of hydrogen-bond acceptors (Lipinski definition) is 10. The molecule has 9 rings (SSSR count). The summed E-state index contributed by atoms with van der Waals surface area (Å²) in [4.78, 5) is 31.0. The second-order valence-corrected chi connectivity index (χ2v) is 15.1. The van der Waals surface area contributed by atoms with Gasteiger partial charge in [-0.2, -0.15) is 5.26 Å². The summed E-state index contributed by atoms with van der Waals surface area (Å²) in [6.45, 7) is 7.99. The molecule has 0 bridgehead atoms. The number of nitrogens with two attached hydrogens (primary N) is 1. The molecule has 3 aromatic heterocycles. The first-order valence-corrected chi connectivity index (χ1v) is 18.8. The molecule has 272 valence electrons. The quantitative estimate of drug-likeness (QED) is 0.155. The van der Waals surface area contributed by atoms with Gasteiger partial charge in [-0.15, -0.1) is 0 Å². The first kappa shape index (κ1) is 34.1. The van der Waals surface area contributed by atoms with E-state index < -0.39 is 0 Å². The van der Waals surface area contributed by atoms with E-state index in [1.807, 2.05) is 30.5 Å². The van der Waals surface area contributed by atoms with Crippen molar-refractivity contribution in [3.8, 4) is 28.7 Å². The Labute approximate surface area is 313 Å². The second-order valence-electron chi connectivity index (χ2n) is 15.1. The molecule has 2 fully saturated rings. The number of anilines is 2. The fourth-order valence-corrected chi connectivity index (χ4v) is 8.89. The molecule has 3 atom stereocenters. The van der Waals surface area contributed by atoms with Gasteiger partial charge in [0, 0.05) is 61.3 Å². The number of rotatable bonds is 8. The smallest absolute Gasteiger partial charge is 0.227 e. The molecule has 6 aromatic rings. The number of nitrogens with zero attached hydrogens (tertiary/aromatic N) is 6. The lowest BCUT2D eigenvalue weighted by atomic mass is 9.93. The van der Waals surface area contributed by atoms with Gasteiger partial charge in [-0.3, -0.25) is 19.6 Å². The van der Waals surface area contributed by atoms with Crippen LogP contribution in [-0.2, 0) is 17.8 Å². The number of primary amides is 1. The van der Waals surface area contributed by atoms with Crippen LogP contribution in [0.2, 0.25) is 0 Å². The maximum atomic E-state index is 11.9. The molecule has 11 heteroatoms. The predicted molar refractivity (Wildman–Crippen MR) is 208 cm³/mol. The molecule has 1 amide bonds. The van der Waals surface area contributed by atoms with Crippen LogP contribution in [0.5, 0.6) is 0 Å². The molecule has 3 aliphatic rings. The minimum Gasteiger partial charge on any atom is -0.435 e. The van der Waals surface area contributed by atoms with E-state index >= 15 is 0 Å². The average molecular weight is 719 g/mol. The fraction of sp³-hybridized carbons (Fsp3) is 0.326. The summed E-state index contributed by atoms with van der Waals surface area (Å²) >= 11 is 0. The zero-order valence-corrected chi connectivity index (χ0v) is 30.5. The van der Waals surface area contributed by atoms with Crippen LogP contribution in [-0.4, -0.2) is 68.0 Å². The Balaban J connectivity index is 1.01. The molecule has 5 heterocycles. The van der Waals surface area contributed by atoms with Crippen LogP contribution in [0.25, 0.3) is 44.6 Å². The number of carbonyl (C=O) groups excluding carboxylic acids is 1. The van der Waals surface area contributed by atoms with E-state index in [0.717, 1.165) is 106 Å². The van der Waals surface area contributed by atoms with Gasteiger partial charge in [0.15, 0.2) is 11.4 Å². The highest BCUT2D eigenvalue weighted by Gasteiger charge is 2.37. The number of aromatic nitrogens is 3. The van der Waals surface area contributed by atoms with Crippen molar-refractivity contribution in [2.75, 3.05) is 31.5 Å². The van der Waals surface area contributed by atoms with Gasteiger partial charge in [-0.25, -0.2) is 9.97 Å². The summed E-state index contributed by atoms with van der Waals surface area (Å²) in [5.41, 5.74) is 17.4. The van der Waals surface area contributed by atoms with E-state index in [1.165, 1.54) is 0 Å². The standard InChI is InChI=1S/C43H42N8O3/c1-24-30(31-6-4-8-36(25(31)2)48-42-39-27(11-14-46-42)17-26(20-47-39)21-50-15-13-29(52)23-50)5-3-7-32(24)43-49-37-18-34-33(35(19-44)40(37)54-43)9-10-38(34)51-16-12-28(22-51)41(45)53/h3-8,11,14,17-18,20,28-29,38,52H,9-10,12-13,15-16,21-23H2,1-2H3,(H2,45,53)(H,46,48)/t28-,29-,38?/m1/s1. The van der Waals surface area contributed by atoms with Crippen LogP contribution in [0.1, 0.15) is 58.7 Å². The normalized spacial score (nSPS) is 20.1. The number of aliphatic hydroxyl groups excluding tert-OH is 1. The average Bonchev–Trinajstić information content (AvgIpc) is 3.99. The molecular weight excluding hydrogens is 677 g/mol. The monoisotopic (exact) mass is 718 g/mol. The number of benzene rings is 3. The van der Waals surface area contributed by atoms with Crippen molar-refractivity contribution < 1.29 is 14.3 Å². The van der Waals surface area contributed by atoms with Crippen LogP contribution in [0.15, 0.2) is 71.4 Å². The topological polar surface area (TPSA) is 157 Å². The van der Waals surface area contributed by atoms with Crippen molar-refractivity contribution in [2.24, 2.45) is 11.7 Å². The Kier molecular flexibility index (Phi) is 8.61. The van der Waals surface area contributed by atoms with Gasteiger partial charge in [0.2, 0.25) is 11.8 Å². The predicted octanol–water partition coefficient (Wildman–Crippen LogP) is 6.70. The first-order chi connectivity index (χ1) is 26.2. The Bertz CT molecular complexity index is 2500. The van der Waals surface area contributed by atoms with Crippen molar-refractivity contribution >= 4 is 39.4 Å². The Morgan fingerprint density at radius 1 is 1.02 bits per heavy atom. The molecular formula is C43H42N8O3. The van der Waals surface area contributed by atoms with Crippen LogP contribution in [0, 0.1) is 31.1 Å². The van der Waals surface area contributed by atoms with E-state index in [2.05, 4.69) is 70.3 Å². The van der Waals surface area contributed by atoms with Crippen LogP contribution >= 0.6 is 0 Å². The number of pyridine rings is 2. The molecule has 0 saturated carbocycles. The molecule has 2 saturated heterocycles. The van der Waals surface area contributed by atoms with E-state index in [9.17, 15) is 15.2 Å². The van der Waals surface area contributed by atoms with Gasteiger partial charge in [-0.1, -0.05) is 24.3 Å². The van der Waals surface area contributed by atoms with E-state index in [1.54, 1.807) is 6.20 Å². The van der Waals surface area contributed by atoms with Gasteiger partial charge < -0.3 is 20.6 Å². The summed E-state index contributed by atoms with van der Waals surface area (Å²) in [6.07, 6.45) is 6.71. The third-order valence-electron chi connectivity index (χ3n) is 11.8. The number of aliphatic hydroxyl groups is 1. The van der Waals surface area contributed by atoms with Crippen molar-refractivity contribution in [3.05, 3.63) is 100 Å². The van der Waals surface area contributed by atoms with Crippen LogP contribution < -0.4 is 11.1 Å². The van der Waals surface area contributed by atoms with Gasteiger partial charge in [-0.05, 0) is 115 Å². The number of oxazole rings is 1. The number of β-amino-alcohol motifs (C(OH)–C–C–N with tert-alkyl or cyclic N) is 1. The summed E-state index contributed by atoms with van der Waals surface area (Å²) in [6, 6.07) is 21.2. The van der Waals surface area contributed by atoms with Gasteiger partial charge in [0.1, 0.15) is 22.7 Å². The van der Waals surface area contributed by atoms with E-state index in [4.69, 9.17) is 20.1 Å². The lowest BCUT2D eigenvalue weighted by molar-refractivity contribution is -0.121. The Hall–Kier alpha value is -5.67. The zero-order valence-electron chi connectivity index (χ0n) is 30.5. The highest BCUT2D eigenvalue weighted by atomic mass is 16.3. The minimum atomic E-state index is -0.251. The highest BCUT2D eigenvalue weighted by molar-refractivity contribution is 5.91. The maximum absolute atomic E-state index is 11.9. The second kappa shape index (κ2) is 13.6. The summed E-state index contributed by atoms with van der Waals surface area (Å²) in [5, 5.41) is 24.9. The lowest BCUT2D eigenvalue weighted by Gasteiger charge is -2.24. The first-order valence-electron chi connectivity index (χ1n) is 18.8. The van der Waals surface area contributed by atoms with E-state index in [-0.39, 0.29) is 24.0 Å². The largest absolute Gasteiger partial charge is 0.435 e. The van der Waals surface area contributed by atoms with Gasteiger partial charge >= 0.3 is 0 Å². The number of likely N-dealkylation sites (tertiary alicyclic amines) is 2. The molecule has 1 aliphatic carbocycles. The molecule has 54 heavy (non-hydrogen) atoms. The summed E-state index contributed by atoms with van der Waals surface area (Å²) in [7, 11) is 0. The van der Waals surface area contributed by atoms with Gasteiger partial charge in [0.05, 0.1) is 12.0 Å². The maximum Gasteiger partial charge on any atom is 0.227 e. The number of amides is 1. The third-order valence-corrected chi connectivity index (χ3v) is 11.8. The van der Waals surface area contributed by atoms with Crippen molar-refractivity contribution in [1.82, 2.24) is 24.8 Å². The number of nitriles is 1. The molecule has 4 N–H and O–H groups in total. The third kappa shape index (κ3) is 5.97. The van der Waals surface area contributed by atoms with Crippen molar-refractivity contribution in [2.45, 2.75) is 58.2 Å². The Morgan fingerprint density at radius 3 is 2.61 bits per heavy atom.